The second-order valence-electron chi connectivity index (χ2n) is 5.85. The van der Waals surface area contributed by atoms with Crippen molar-refractivity contribution in [1.29, 1.82) is 0 Å². The molecular formula is C20H13ClO3. The van der Waals surface area contributed by atoms with Gasteiger partial charge in [-0.25, -0.2) is 0 Å². The molecule has 1 unspecified atom stereocenters. The summed E-state index contributed by atoms with van der Waals surface area (Å²) in [6.07, 6.45) is 3.75. The minimum Gasteiger partial charge on any atom is -0.456 e. The van der Waals surface area contributed by atoms with Crippen molar-refractivity contribution < 1.29 is 14.3 Å². The maximum absolute atomic E-state index is 12.7. The summed E-state index contributed by atoms with van der Waals surface area (Å²) in [4.78, 5) is 25.1. The van der Waals surface area contributed by atoms with Crippen LogP contribution in [0.4, 0.5) is 0 Å². The van der Waals surface area contributed by atoms with Crippen LogP contribution in [-0.2, 0) is 4.79 Å². The molecule has 2 aromatic rings. The molecule has 0 saturated carbocycles. The van der Waals surface area contributed by atoms with Crippen molar-refractivity contribution in [2.24, 2.45) is 5.92 Å². The Morgan fingerprint density at radius 3 is 2.75 bits per heavy atom. The van der Waals surface area contributed by atoms with Crippen LogP contribution < -0.4 is 4.74 Å². The summed E-state index contributed by atoms with van der Waals surface area (Å²) in [5.74, 6) is 0.0881. The van der Waals surface area contributed by atoms with E-state index in [0.717, 1.165) is 16.9 Å². The predicted octanol–water partition coefficient (Wildman–Crippen LogP) is 4.47. The number of halogens is 1. The van der Waals surface area contributed by atoms with Gasteiger partial charge in [-0.15, -0.1) is 0 Å². The van der Waals surface area contributed by atoms with Gasteiger partial charge in [0.25, 0.3) is 0 Å². The van der Waals surface area contributed by atoms with E-state index in [1.54, 1.807) is 24.3 Å². The highest BCUT2D eigenvalue weighted by atomic mass is 35.5. The normalized spacial score (nSPS) is 18.7. The molecule has 0 fully saturated rings. The molecule has 4 heteroatoms. The molecule has 0 radical (unpaired) electrons. The lowest BCUT2D eigenvalue weighted by Gasteiger charge is -2.26. The van der Waals surface area contributed by atoms with Crippen LogP contribution in [0.15, 0.2) is 65.9 Å². The summed E-state index contributed by atoms with van der Waals surface area (Å²) in [7, 11) is 0. The average molecular weight is 337 g/mol. The summed E-state index contributed by atoms with van der Waals surface area (Å²) in [5.41, 5.74) is 2.28. The van der Waals surface area contributed by atoms with Gasteiger partial charge in [-0.05, 0) is 36.3 Å². The van der Waals surface area contributed by atoms with E-state index in [-0.39, 0.29) is 11.6 Å². The lowest BCUT2D eigenvalue weighted by atomic mass is 9.82. The summed E-state index contributed by atoms with van der Waals surface area (Å²) < 4.78 is 5.80. The quantitative estimate of drug-likeness (QED) is 0.600. The Morgan fingerprint density at radius 2 is 1.92 bits per heavy atom. The highest BCUT2D eigenvalue weighted by Crippen LogP contribution is 2.38. The third-order valence-corrected chi connectivity index (χ3v) is 4.49. The second kappa shape index (κ2) is 5.77. The molecular weight excluding hydrogens is 324 g/mol. The number of ketones is 2. The molecule has 118 valence electrons. The molecule has 3 nitrogen and oxygen atoms in total. The highest BCUT2D eigenvalue weighted by Gasteiger charge is 2.34. The molecule has 1 aliphatic carbocycles. The Labute approximate surface area is 144 Å². The zero-order chi connectivity index (χ0) is 16.7. The van der Waals surface area contributed by atoms with E-state index in [9.17, 15) is 9.59 Å². The first-order chi connectivity index (χ1) is 11.6. The van der Waals surface area contributed by atoms with Gasteiger partial charge in [0.1, 0.15) is 11.5 Å². The molecule has 1 heterocycles. The molecule has 1 atom stereocenters. The van der Waals surface area contributed by atoms with Crippen LogP contribution in [0.3, 0.4) is 0 Å². The second-order valence-corrected chi connectivity index (χ2v) is 6.29. The van der Waals surface area contributed by atoms with Crippen LogP contribution >= 0.6 is 11.6 Å². The number of allylic oxidation sites excluding steroid dienone is 2. The number of hydrogen-bond donors (Lipinski definition) is 0. The number of Topliss-reactive ketones (excluding diaryl/α,β-unsaturated/α-hetero) is 1. The topological polar surface area (TPSA) is 43.4 Å². The van der Waals surface area contributed by atoms with Gasteiger partial charge in [-0.1, -0.05) is 41.9 Å². The van der Waals surface area contributed by atoms with Gasteiger partial charge in [0, 0.05) is 22.2 Å². The highest BCUT2D eigenvalue weighted by molar-refractivity contribution is 6.31. The number of fused-ring (bicyclic) bond motifs is 2. The molecule has 2 aromatic carbocycles. The Balaban J connectivity index is 1.69. The fraction of sp³-hybridized carbons (Fsp3) is 0.100. The number of para-hydroxylation sites is 1. The van der Waals surface area contributed by atoms with E-state index < -0.39 is 5.92 Å². The standard InChI is InChI=1S/C20H13ClO3/c21-15-6-3-5-13(9-15)20(23)16-10-14-8-12-4-1-2-7-18(12)24-19(14)11-17(16)22/h1-9,11,16H,10H2. The number of benzene rings is 2. The van der Waals surface area contributed by atoms with Crippen molar-refractivity contribution in [2.75, 3.05) is 0 Å². The lowest BCUT2D eigenvalue weighted by Crippen LogP contribution is -2.29. The lowest BCUT2D eigenvalue weighted by molar-refractivity contribution is -0.117. The van der Waals surface area contributed by atoms with Gasteiger partial charge in [0.05, 0.1) is 5.92 Å². The minimum atomic E-state index is -0.729. The van der Waals surface area contributed by atoms with Crippen LogP contribution in [0, 0.1) is 5.92 Å². The zero-order valence-electron chi connectivity index (χ0n) is 12.7. The molecule has 24 heavy (non-hydrogen) atoms. The first kappa shape index (κ1) is 14.9. The van der Waals surface area contributed by atoms with Crippen LogP contribution in [0.25, 0.3) is 6.08 Å². The molecule has 0 N–H and O–H groups in total. The summed E-state index contributed by atoms with van der Waals surface area (Å²) in [5, 5.41) is 0.481. The van der Waals surface area contributed by atoms with Gasteiger partial charge in [0.2, 0.25) is 0 Å². The molecule has 0 saturated heterocycles. The number of rotatable bonds is 2. The van der Waals surface area contributed by atoms with Gasteiger partial charge < -0.3 is 4.74 Å². The van der Waals surface area contributed by atoms with E-state index in [4.69, 9.17) is 16.3 Å². The fourth-order valence-corrected chi connectivity index (χ4v) is 3.22. The SMILES string of the molecule is O=C1C=C2Oc3ccccc3C=C2CC1C(=O)c1cccc(Cl)c1. The van der Waals surface area contributed by atoms with Crippen molar-refractivity contribution in [2.45, 2.75) is 6.42 Å². The van der Waals surface area contributed by atoms with E-state index in [1.165, 1.54) is 6.08 Å². The van der Waals surface area contributed by atoms with E-state index in [2.05, 4.69) is 0 Å². The summed E-state index contributed by atoms with van der Waals surface area (Å²) in [6.45, 7) is 0. The Morgan fingerprint density at radius 1 is 1.08 bits per heavy atom. The van der Waals surface area contributed by atoms with E-state index in [1.807, 2.05) is 30.3 Å². The van der Waals surface area contributed by atoms with Gasteiger partial charge in [-0.3, -0.25) is 9.59 Å². The van der Waals surface area contributed by atoms with Crippen molar-refractivity contribution in [3.8, 4) is 5.75 Å². The monoisotopic (exact) mass is 336 g/mol. The summed E-state index contributed by atoms with van der Waals surface area (Å²) >= 11 is 5.95. The Kier molecular flexibility index (Phi) is 3.58. The first-order valence-corrected chi connectivity index (χ1v) is 8.03. The first-order valence-electron chi connectivity index (χ1n) is 7.65. The van der Waals surface area contributed by atoms with Crippen LogP contribution in [-0.4, -0.2) is 11.6 Å². The molecule has 0 aromatic heterocycles. The van der Waals surface area contributed by atoms with Crippen molar-refractivity contribution >= 4 is 29.2 Å². The largest absolute Gasteiger partial charge is 0.456 e. The third kappa shape index (κ3) is 2.57. The fourth-order valence-electron chi connectivity index (χ4n) is 3.03. The maximum Gasteiger partial charge on any atom is 0.174 e. The van der Waals surface area contributed by atoms with Crippen LogP contribution in [0.2, 0.25) is 5.02 Å². The number of ether oxygens (including phenoxy) is 1. The number of hydrogen-bond acceptors (Lipinski definition) is 3. The number of carbonyl (C=O) groups is 2. The van der Waals surface area contributed by atoms with Crippen LogP contribution in [0.5, 0.6) is 5.75 Å². The van der Waals surface area contributed by atoms with Gasteiger partial charge >= 0.3 is 0 Å². The van der Waals surface area contributed by atoms with Crippen molar-refractivity contribution in [3.05, 3.63) is 82.1 Å². The minimum absolute atomic E-state index is 0.211. The van der Waals surface area contributed by atoms with Gasteiger partial charge in [-0.2, -0.15) is 0 Å². The Bertz CT molecular complexity index is 924. The zero-order valence-corrected chi connectivity index (χ0v) is 13.4. The summed E-state index contributed by atoms with van der Waals surface area (Å²) in [6, 6.07) is 14.3. The molecule has 1 aliphatic heterocycles. The predicted molar refractivity (Wildman–Crippen MR) is 92.0 cm³/mol. The molecule has 0 spiro atoms. The van der Waals surface area contributed by atoms with E-state index >= 15 is 0 Å². The smallest absolute Gasteiger partial charge is 0.174 e. The van der Waals surface area contributed by atoms with Crippen LogP contribution in [0.1, 0.15) is 22.3 Å². The average Bonchev–Trinajstić information content (AvgIpc) is 2.59. The van der Waals surface area contributed by atoms with Crippen molar-refractivity contribution in [3.63, 3.8) is 0 Å². The molecule has 4 rings (SSSR count). The molecule has 0 bridgehead atoms. The number of carbonyl (C=O) groups excluding carboxylic acids is 2. The van der Waals surface area contributed by atoms with Gasteiger partial charge in [0.15, 0.2) is 11.6 Å². The Hall–Kier alpha value is -2.65. The van der Waals surface area contributed by atoms with E-state index in [0.29, 0.717) is 22.8 Å². The third-order valence-electron chi connectivity index (χ3n) is 4.25. The molecule has 0 amide bonds. The maximum atomic E-state index is 12.7. The van der Waals surface area contributed by atoms with Crippen molar-refractivity contribution in [1.82, 2.24) is 0 Å². The molecule has 2 aliphatic rings.